The second-order valence-corrected chi connectivity index (χ2v) is 3.05. The normalized spacial score (nSPS) is 10.6. The first-order valence-electron chi connectivity index (χ1n) is 4.25. The van der Waals surface area contributed by atoms with Crippen molar-refractivity contribution in [1.82, 2.24) is 4.98 Å². The zero-order chi connectivity index (χ0) is 12.3. The van der Waals surface area contributed by atoms with Crippen LogP contribution < -0.4 is 56.1 Å². The van der Waals surface area contributed by atoms with E-state index in [1.807, 2.05) is 0 Å². The van der Waals surface area contributed by atoms with E-state index in [2.05, 4.69) is 9.72 Å². The summed E-state index contributed by atoms with van der Waals surface area (Å²) in [6, 6.07) is 2.44. The minimum atomic E-state index is -5.15. The summed E-state index contributed by atoms with van der Waals surface area (Å²) >= 11 is 0. The van der Waals surface area contributed by atoms with E-state index in [4.69, 9.17) is 0 Å². The van der Waals surface area contributed by atoms with Gasteiger partial charge < -0.3 is 27.8 Å². The molecule has 0 aromatic carbocycles. The minimum absolute atomic E-state index is 0. The van der Waals surface area contributed by atoms with Gasteiger partial charge in [-0.3, -0.25) is 0 Å². The molecule has 0 N–H and O–H groups in total. The van der Waals surface area contributed by atoms with Crippen molar-refractivity contribution >= 4 is 12.8 Å². The van der Waals surface area contributed by atoms with Gasteiger partial charge in [-0.2, -0.15) is 0 Å². The summed E-state index contributed by atoms with van der Waals surface area (Å²) in [5, 5.41) is 10.5. The van der Waals surface area contributed by atoms with Crippen molar-refractivity contribution in [3.63, 3.8) is 0 Å². The summed E-state index contributed by atoms with van der Waals surface area (Å²) in [6.45, 7) is -5.18. The minimum Gasteiger partial charge on any atom is -0.515 e. The summed E-state index contributed by atoms with van der Waals surface area (Å²) in [5.41, 5.74) is 0.330. The maximum absolute atomic E-state index is 11.9. The second-order valence-electron chi connectivity index (χ2n) is 3.05. The number of pyridine rings is 1. The first kappa shape index (κ1) is 16.8. The van der Waals surface area contributed by atoms with E-state index in [1.165, 1.54) is 13.0 Å². The molecule has 0 amide bonds. The molecule has 0 aliphatic heterocycles. The van der Waals surface area contributed by atoms with Gasteiger partial charge in [-0.1, -0.05) is 0 Å². The van der Waals surface area contributed by atoms with E-state index in [1.54, 1.807) is 0 Å². The third kappa shape index (κ3) is 5.82. The number of hydrogen-bond acceptors (Lipinski definition) is 4. The molecule has 88 valence electrons. The van der Waals surface area contributed by atoms with Crippen LogP contribution in [0.25, 0.3) is 0 Å². The van der Waals surface area contributed by atoms with Gasteiger partial charge in [-0.05, 0) is 22.0 Å². The SMILES string of the molecule is Cc1ccc(OC[B-](F)(F)F)c([N+](=O)[O-])n1.[K+]. The summed E-state index contributed by atoms with van der Waals surface area (Å²) in [7, 11) is 0. The van der Waals surface area contributed by atoms with Crippen molar-refractivity contribution in [3.05, 3.63) is 27.9 Å². The number of halogens is 3. The average molecular weight is 274 g/mol. The zero-order valence-electron chi connectivity index (χ0n) is 9.19. The Morgan fingerprint density at radius 3 is 2.53 bits per heavy atom. The molecule has 1 rings (SSSR count). The Morgan fingerprint density at radius 2 is 2.06 bits per heavy atom. The molecule has 1 aromatic heterocycles. The predicted molar refractivity (Wildman–Crippen MR) is 50.2 cm³/mol. The number of hydrogen-bond donors (Lipinski definition) is 0. The molecule has 17 heavy (non-hydrogen) atoms. The van der Waals surface area contributed by atoms with Crippen LogP contribution in [0.4, 0.5) is 18.8 Å². The molecule has 0 atom stereocenters. The number of rotatable bonds is 4. The Balaban J connectivity index is 0.00000256. The van der Waals surface area contributed by atoms with E-state index in [-0.39, 0.29) is 51.4 Å². The van der Waals surface area contributed by atoms with Crippen molar-refractivity contribution in [1.29, 1.82) is 0 Å². The van der Waals surface area contributed by atoms with Crippen molar-refractivity contribution in [2.75, 3.05) is 6.51 Å². The van der Waals surface area contributed by atoms with E-state index < -0.39 is 30.0 Å². The maximum atomic E-state index is 11.9. The number of nitro groups is 1. The van der Waals surface area contributed by atoms with Crippen LogP contribution in [0, 0.1) is 17.0 Å². The van der Waals surface area contributed by atoms with Crippen molar-refractivity contribution in [3.8, 4) is 5.75 Å². The standard InChI is InChI=1S/C7H7BF3N2O3.K/c1-5-2-3-6(7(12-5)13(14)15)16-4-8(9,10)11;/h2-3H,4H2,1H3;/q-1;+1. The third-order valence-electron chi connectivity index (χ3n) is 1.58. The van der Waals surface area contributed by atoms with Crippen LogP contribution in [0.3, 0.4) is 0 Å². The average Bonchev–Trinajstić information content (AvgIpc) is 2.14. The fraction of sp³-hybridized carbons (Fsp3) is 0.286. The van der Waals surface area contributed by atoms with Gasteiger partial charge in [0.2, 0.25) is 5.75 Å². The molecule has 1 heterocycles. The largest absolute Gasteiger partial charge is 1.00 e. The van der Waals surface area contributed by atoms with Gasteiger partial charge in [0.05, 0.1) is 6.51 Å². The van der Waals surface area contributed by atoms with E-state index in [9.17, 15) is 23.1 Å². The second kappa shape index (κ2) is 6.69. The molecule has 0 fully saturated rings. The molecule has 0 aliphatic rings. The first-order chi connectivity index (χ1) is 7.29. The molecule has 1 aromatic rings. The molecular formula is C7H7BF3KN2O3. The smallest absolute Gasteiger partial charge is 0.515 e. The number of ether oxygens (including phenoxy) is 1. The van der Waals surface area contributed by atoms with Crippen LogP contribution in [0.15, 0.2) is 12.1 Å². The van der Waals surface area contributed by atoms with Gasteiger partial charge in [0.15, 0.2) is 0 Å². The maximum Gasteiger partial charge on any atom is 1.00 e. The quantitative estimate of drug-likeness (QED) is 0.404. The van der Waals surface area contributed by atoms with E-state index >= 15 is 0 Å². The summed E-state index contributed by atoms with van der Waals surface area (Å²) in [4.78, 5) is 13.1. The fourth-order valence-electron chi connectivity index (χ4n) is 0.958. The summed E-state index contributed by atoms with van der Waals surface area (Å²) in [5.74, 6) is -1.19. The van der Waals surface area contributed by atoms with Gasteiger partial charge in [0, 0.05) is 6.92 Å². The van der Waals surface area contributed by atoms with Gasteiger partial charge in [-0.25, -0.2) is 0 Å². The number of aromatic nitrogens is 1. The monoisotopic (exact) mass is 274 g/mol. The van der Waals surface area contributed by atoms with Gasteiger partial charge in [0.25, 0.3) is 0 Å². The molecule has 0 radical (unpaired) electrons. The number of nitrogens with zero attached hydrogens (tertiary/aromatic N) is 2. The third-order valence-corrected chi connectivity index (χ3v) is 1.58. The Kier molecular flexibility index (Phi) is 6.63. The Morgan fingerprint density at radius 1 is 1.47 bits per heavy atom. The molecule has 0 spiro atoms. The Labute approximate surface area is 137 Å². The van der Waals surface area contributed by atoms with Gasteiger partial charge in [-0.15, -0.1) is 0 Å². The molecular weight excluding hydrogens is 267 g/mol. The van der Waals surface area contributed by atoms with E-state index in [0.717, 1.165) is 6.07 Å². The Hall–Kier alpha value is -0.159. The predicted octanol–water partition coefficient (Wildman–Crippen LogP) is -0.932. The van der Waals surface area contributed by atoms with Crippen LogP contribution >= 0.6 is 0 Å². The number of aryl methyl sites for hydroxylation is 1. The molecule has 10 heteroatoms. The van der Waals surface area contributed by atoms with Gasteiger partial charge in [0.1, 0.15) is 5.69 Å². The van der Waals surface area contributed by atoms with Crippen molar-refractivity contribution in [2.24, 2.45) is 0 Å². The molecule has 0 saturated heterocycles. The van der Waals surface area contributed by atoms with Crippen molar-refractivity contribution < 1.29 is 74.0 Å². The van der Waals surface area contributed by atoms with Crippen LogP contribution in [-0.4, -0.2) is 23.4 Å². The van der Waals surface area contributed by atoms with Gasteiger partial charge >= 0.3 is 64.2 Å². The zero-order valence-corrected chi connectivity index (χ0v) is 12.3. The summed E-state index contributed by atoms with van der Waals surface area (Å²) in [6.07, 6.45) is 0. The van der Waals surface area contributed by atoms with Crippen LogP contribution in [0.1, 0.15) is 5.69 Å². The molecule has 5 nitrogen and oxygen atoms in total. The molecule has 0 bridgehead atoms. The topological polar surface area (TPSA) is 65.3 Å². The van der Waals surface area contributed by atoms with Crippen molar-refractivity contribution in [2.45, 2.75) is 6.92 Å². The summed E-state index contributed by atoms with van der Waals surface area (Å²) < 4.78 is 40.0. The van der Waals surface area contributed by atoms with Crippen LogP contribution in [0.5, 0.6) is 5.75 Å². The molecule has 0 saturated carbocycles. The Bertz CT molecular complexity index is 416. The molecule has 0 unspecified atom stereocenters. The van der Waals surface area contributed by atoms with Crippen LogP contribution in [0.2, 0.25) is 0 Å². The first-order valence-corrected chi connectivity index (χ1v) is 4.25. The van der Waals surface area contributed by atoms with Crippen LogP contribution in [-0.2, 0) is 0 Å². The molecule has 0 aliphatic carbocycles. The van der Waals surface area contributed by atoms with E-state index in [0.29, 0.717) is 5.69 Å². The fourth-order valence-corrected chi connectivity index (χ4v) is 0.958.